The number of aryl methyl sites for hydroxylation is 1. The van der Waals surface area contributed by atoms with Gasteiger partial charge in [-0.25, -0.2) is 4.98 Å². The normalized spacial score (nSPS) is 17.8. The maximum Gasteiger partial charge on any atom is 0.230 e. The molecule has 1 aliphatic rings. The van der Waals surface area contributed by atoms with E-state index in [-0.39, 0.29) is 0 Å². The van der Waals surface area contributed by atoms with Crippen LogP contribution in [0.1, 0.15) is 24.8 Å². The van der Waals surface area contributed by atoms with Crippen molar-refractivity contribution >= 4 is 0 Å². The number of likely N-dealkylation sites (N-methyl/N-ethyl adjacent to an activating group) is 1. The van der Waals surface area contributed by atoms with Crippen LogP contribution in [0.15, 0.2) is 28.7 Å². The zero-order chi connectivity index (χ0) is 16.2. The number of ether oxygens (including phenoxy) is 2. The molecule has 1 aliphatic heterocycles. The number of hydrogen-bond acceptors (Lipinski definition) is 5. The molecule has 0 spiro atoms. The summed E-state index contributed by atoms with van der Waals surface area (Å²) in [6.07, 6.45) is 1.08. The van der Waals surface area contributed by atoms with Crippen LogP contribution in [0.5, 0.6) is 5.75 Å². The van der Waals surface area contributed by atoms with E-state index in [4.69, 9.17) is 18.9 Å². The Morgan fingerprint density at radius 3 is 2.91 bits per heavy atom. The predicted octanol–water partition coefficient (Wildman–Crippen LogP) is 3.27. The van der Waals surface area contributed by atoms with Gasteiger partial charge in [-0.15, -0.1) is 0 Å². The average molecular weight is 316 g/mol. The van der Waals surface area contributed by atoms with Gasteiger partial charge >= 0.3 is 0 Å². The Labute approximate surface area is 137 Å². The number of hydrogen-bond donors (Lipinski definition) is 0. The van der Waals surface area contributed by atoms with E-state index in [0.29, 0.717) is 18.5 Å². The lowest BCUT2D eigenvalue weighted by Crippen LogP contribution is -2.31. The Bertz CT molecular complexity index is 647. The van der Waals surface area contributed by atoms with E-state index in [1.807, 2.05) is 38.1 Å². The number of oxazole rings is 1. The van der Waals surface area contributed by atoms with Crippen LogP contribution in [0.3, 0.4) is 0 Å². The number of para-hydroxylation sites is 1. The van der Waals surface area contributed by atoms with Crippen molar-refractivity contribution in [3.8, 4) is 17.2 Å². The summed E-state index contributed by atoms with van der Waals surface area (Å²) in [5, 5.41) is 0. The molecule has 1 atom stereocenters. The van der Waals surface area contributed by atoms with Crippen LogP contribution >= 0.6 is 0 Å². The summed E-state index contributed by atoms with van der Waals surface area (Å²) in [5.74, 6) is 2.29. The van der Waals surface area contributed by atoms with Crippen molar-refractivity contribution in [2.45, 2.75) is 32.9 Å². The fourth-order valence-electron chi connectivity index (χ4n) is 2.85. The summed E-state index contributed by atoms with van der Waals surface area (Å²) in [4.78, 5) is 6.99. The third-order valence-electron chi connectivity index (χ3n) is 4.24. The molecule has 23 heavy (non-hydrogen) atoms. The highest BCUT2D eigenvalue weighted by molar-refractivity contribution is 5.63. The van der Waals surface area contributed by atoms with Gasteiger partial charge in [0, 0.05) is 19.2 Å². The molecule has 0 radical (unpaired) electrons. The molecular weight excluding hydrogens is 292 g/mol. The summed E-state index contributed by atoms with van der Waals surface area (Å²) < 4.78 is 17.0. The Balaban J connectivity index is 1.80. The largest absolute Gasteiger partial charge is 0.493 e. The first-order chi connectivity index (χ1) is 11.2. The molecule has 0 amide bonds. The van der Waals surface area contributed by atoms with Crippen molar-refractivity contribution in [1.29, 1.82) is 0 Å². The lowest BCUT2D eigenvalue weighted by Gasteiger charge is -2.21. The molecule has 0 N–H and O–H groups in total. The van der Waals surface area contributed by atoms with E-state index in [1.54, 1.807) is 0 Å². The lowest BCUT2D eigenvalue weighted by atomic mass is 10.2. The second-order valence-electron chi connectivity index (χ2n) is 5.88. The third kappa shape index (κ3) is 3.57. The summed E-state index contributed by atoms with van der Waals surface area (Å²) in [7, 11) is 2.11. The van der Waals surface area contributed by atoms with Gasteiger partial charge in [-0.3, -0.25) is 4.90 Å². The molecule has 2 aromatic rings. The minimum Gasteiger partial charge on any atom is -0.493 e. The van der Waals surface area contributed by atoms with Gasteiger partial charge < -0.3 is 13.9 Å². The molecular formula is C18H24N2O3. The first kappa shape index (κ1) is 16.0. The molecule has 5 nitrogen and oxygen atoms in total. The topological polar surface area (TPSA) is 47.7 Å². The van der Waals surface area contributed by atoms with Crippen LogP contribution in [0, 0.1) is 6.92 Å². The van der Waals surface area contributed by atoms with E-state index in [9.17, 15) is 0 Å². The molecule has 124 valence electrons. The van der Waals surface area contributed by atoms with Crippen molar-refractivity contribution < 1.29 is 13.9 Å². The molecule has 2 heterocycles. The van der Waals surface area contributed by atoms with Gasteiger partial charge in [-0.05, 0) is 39.4 Å². The Morgan fingerprint density at radius 1 is 1.35 bits per heavy atom. The molecule has 1 unspecified atom stereocenters. The van der Waals surface area contributed by atoms with Gasteiger partial charge in [0.25, 0.3) is 0 Å². The van der Waals surface area contributed by atoms with Crippen LogP contribution < -0.4 is 4.74 Å². The molecule has 1 saturated heterocycles. The number of nitrogens with zero attached hydrogens (tertiary/aromatic N) is 2. The lowest BCUT2D eigenvalue weighted by molar-refractivity contribution is 0.155. The van der Waals surface area contributed by atoms with Gasteiger partial charge in [0.1, 0.15) is 11.5 Å². The fraction of sp³-hybridized carbons (Fsp3) is 0.500. The minimum absolute atomic E-state index is 0.463. The second-order valence-corrected chi connectivity index (χ2v) is 5.88. The molecule has 1 aromatic carbocycles. The second kappa shape index (κ2) is 7.15. The van der Waals surface area contributed by atoms with E-state index >= 15 is 0 Å². The van der Waals surface area contributed by atoms with Crippen molar-refractivity contribution in [3.63, 3.8) is 0 Å². The van der Waals surface area contributed by atoms with Crippen LogP contribution in [-0.2, 0) is 11.3 Å². The summed E-state index contributed by atoms with van der Waals surface area (Å²) in [6.45, 7) is 6.97. The Hall–Kier alpha value is -1.85. The highest BCUT2D eigenvalue weighted by Gasteiger charge is 2.23. The maximum atomic E-state index is 5.90. The SMILES string of the molecule is CCOc1ccccc1-c1nc(CN(C)C2CCOC2)c(C)o1. The van der Waals surface area contributed by atoms with E-state index < -0.39 is 0 Å². The predicted molar refractivity (Wildman–Crippen MR) is 88.5 cm³/mol. The third-order valence-corrected chi connectivity index (χ3v) is 4.24. The Kier molecular flexibility index (Phi) is 4.98. The minimum atomic E-state index is 0.463. The number of benzene rings is 1. The van der Waals surface area contributed by atoms with Crippen molar-refractivity contribution in [3.05, 3.63) is 35.7 Å². The van der Waals surface area contributed by atoms with Crippen molar-refractivity contribution in [2.75, 3.05) is 26.9 Å². The Morgan fingerprint density at radius 2 is 2.17 bits per heavy atom. The summed E-state index contributed by atoms with van der Waals surface area (Å²) in [5.41, 5.74) is 1.87. The van der Waals surface area contributed by atoms with Gasteiger partial charge in [0.15, 0.2) is 0 Å². The maximum absolute atomic E-state index is 5.90. The van der Waals surface area contributed by atoms with Crippen LogP contribution in [0.4, 0.5) is 0 Å². The zero-order valence-corrected chi connectivity index (χ0v) is 14.0. The molecule has 1 fully saturated rings. The van der Waals surface area contributed by atoms with Crippen molar-refractivity contribution in [2.24, 2.45) is 0 Å². The average Bonchev–Trinajstić information content (AvgIpc) is 3.19. The number of aromatic nitrogens is 1. The van der Waals surface area contributed by atoms with Gasteiger partial charge in [0.05, 0.1) is 24.5 Å². The van der Waals surface area contributed by atoms with Crippen molar-refractivity contribution in [1.82, 2.24) is 9.88 Å². The first-order valence-electron chi connectivity index (χ1n) is 8.15. The zero-order valence-electron chi connectivity index (χ0n) is 14.0. The summed E-state index contributed by atoms with van der Waals surface area (Å²) >= 11 is 0. The van der Waals surface area contributed by atoms with Crippen LogP contribution in [0.25, 0.3) is 11.5 Å². The highest BCUT2D eigenvalue weighted by Crippen LogP contribution is 2.31. The molecule has 1 aromatic heterocycles. The molecule has 0 bridgehead atoms. The van der Waals surface area contributed by atoms with E-state index in [2.05, 4.69) is 11.9 Å². The number of rotatable bonds is 6. The van der Waals surface area contributed by atoms with Gasteiger partial charge in [0.2, 0.25) is 5.89 Å². The van der Waals surface area contributed by atoms with Gasteiger partial charge in [-0.1, -0.05) is 12.1 Å². The molecule has 0 saturated carbocycles. The monoisotopic (exact) mass is 316 g/mol. The first-order valence-corrected chi connectivity index (χ1v) is 8.15. The van der Waals surface area contributed by atoms with E-state index in [0.717, 1.165) is 48.9 Å². The van der Waals surface area contributed by atoms with Crippen LogP contribution in [-0.4, -0.2) is 42.8 Å². The fourth-order valence-corrected chi connectivity index (χ4v) is 2.85. The quantitative estimate of drug-likeness (QED) is 0.818. The highest BCUT2D eigenvalue weighted by atomic mass is 16.5. The van der Waals surface area contributed by atoms with Crippen LogP contribution in [0.2, 0.25) is 0 Å². The van der Waals surface area contributed by atoms with E-state index in [1.165, 1.54) is 0 Å². The molecule has 3 rings (SSSR count). The van der Waals surface area contributed by atoms with Gasteiger partial charge in [-0.2, -0.15) is 0 Å². The smallest absolute Gasteiger partial charge is 0.230 e. The molecule has 0 aliphatic carbocycles. The summed E-state index contributed by atoms with van der Waals surface area (Å²) in [6, 6.07) is 8.32. The molecule has 5 heteroatoms. The standard InChI is InChI=1S/C18H24N2O3/c1-4-22-17-8-6-5-7-15(17)18-19-16(13(2)23-18)11-20(3)14-9-10-21-12-14/h5-8,14H,4,9-12H2,1-3H3.